The molecule has 1 heterocycles. The maximum absolute atomic E-state index is 11.0. The molecule has 0 radical (unpaired) electrons. The van der Waals surface area contributed by atoms with Gasteiger partial charge in [-0.05, 0) is 12.5 Å². The lowest BCUT2D eigenvalue weighted by atomic mass is 10.1. The van der Waals surface area contributed by atoms with Crippen molar-refractivity contribution in [1.82, 2.24) is 0 Å². The van der Waals surface area contributed by atoms with Gasteiger partial charge in [0.25, 0.3) is 0 Å². The first kappa shape index (κ1) is 7.76. The molecule has 0 N–H and O–H groups in total. The van der Waals surface area contributed by atoms with Crippen LogP contribution in [0.4, 0.5) is 0 Å². The third-order valence-corrected chi connectivity index (χ3v) is 2.37. The number of nitrogens with zero attached hydrogens (tertiary/aromatic N) is 2. The minimum Gasteiger partial charge on any atom is -0.609 e. The molecule has 1 unspecified atom stereocenters. The van der Waals surface area contributed by atoms with Gasteiger partial charge in [-0.2, -0.15) is 9.98 Å². The summed E-state index contributed by atoms with van der Waals surface area (Å²) in [4.78, 5) is 8.25. The number of rotatable bonds is 0. The maximum Gasteiger partial charge on any atom is 0.343 e. The minimum absolute atomic E-state index is 0.433. The molecular formula is C8H8N2OS. The zero-order chi connectivity index (χ0) is 8.55. The molecule has 1 atom stereocenters. The van der Waals surface area contributed by atoms with Crippen LogP contribution in [0.15, 0.2) is 33.9 Å². The lowest BCUT2D eigenvalue weighted by Gasteiger charge is -1.97. The summed E-state index contributed by atoms with van der Waals surface area (Å²) in [6.07, 6.45) is 8.39. The Morgan fingerprint density at radius 2 is 2.33 bits per heavy atom. The molecule has 0 fully saturated rings. The van der Waals surface area contributed by atoms with Crippen molar-refractivity contribution in [3.63, 3.8) is 0 Å². The van der Waals surface area contributed by atoms with E-state index in [0.29, 0.717) is 5.17 Å². The standard InChI is InChI=1S/C8H8N2OS/c1-12(11)8-9-6-4-2-3-5-7(6)10-8/h2,4-5H,3H2,1H3. The van der Waals surface area contributed by atoms with E-state index in [1.54, 1.807) is 6.26 Å². The fourth-order valence-corrected chi connectivity index (χ4v) is 1.56. The van der Waals surface area contributed by atoms with Crippen molar-refractivity contribution in [2.45, 2.75) is 6.42 Å². The highest BCUT2D eigenvalue weighted by molar-refractivity contribution is 8.05. The fraction of sp³-hybridized carbons (Fsp3) is 0.250. The lowest BCUT2D eigenvalue weighted by molar-refractivity contribution is 0.611. The van der Waals surface area contributed by atoms with Gasteiger partial charge in [0.05, 0.1) is 11.4 Å². The van der Waals surface area contributed by atoms with Crippen molar-refractivity contribution in [2.75, 3.05) is 6.26 Å². The largest absolute Gasteiger partial charge is 0.609 e. The molecule has 0 saturated heterocycles. The molecular weight excluding hydrogens is 172 g/mol. The van der Waals surface area contributed by atoms with Gasteiger partial charge in [-0.25, -0.2) is 0 Å². The van der Waals surface area contributed by atoms with Crippen molar-refractivity contribution < 1.29 is 4.55 Å². The van der Waals surface area contributed by atoms with E-state index in [1.807, 2.05) is 18.2 Å². The average molecular weight is 180 g/mol. The summed E-state index contributed by atoms with van der Waals surface area (Å²) >= 11 is -1.07. The Hall–Kier alpha value is -0.870. The molecule has 2 aliphatic rings. The average Bonchev–Trinajstić information content (AvgIpc) is 2.46. The minimum atomic E-state index is -1.07. The summed E-state index contributed by atoms with van der Waals surface area (Å²) in [5.74, 6) is 0. The zero-order valence-corrected chi connectivity index (χ0v) is 7.47. The normalized spacial score (nSPS) is 22.7. The first-order valence-corrected chi connectivity index (χ1v) is 5.21. The van der Waals surface area contributed by atoms with E-state index in [0.717, 1.165) is 17.8 Å². The summed E-state index contributed by atoms with van der Waals surface area (Å²) in [5.41, 5.74) is 1.70. The van der Waals surface area contributed by atoms with E-state index >= 15 is 0 Å². The van der Waals surface area contributed by atoms with Crippen molar-refractivity contribution >= 4 is 22.1 Å². The molecule has 0 spiro atoms. The highest BCUT2D eigenvalue weighted by atomic mass is 32.2. The van der Waals surface area contributed by atoms with Crippen molar-refractivity contribution in [2.24, 2.45) is 9.98 Å². The molecule has 2 rings (SSSR count). The van der Waals surface area contributed by atoms with Gasteiger partial charge in [0, 0.05) is 11.2 Å². The highest BCUT2D eigenvalue weighted by Crippen LogP contribution is 2.18. The fourth-order valence-electron chi connectivity index (χ4n) is 1.11. The summed E-state index contributed by atoms with van der Waals surface area (Å²) in [7, 11) is 0. The molecule has 0 aromatic rings. The van der Waals surface area contributed by atoms with Crippen LogP contribution < -0.4 is 0 Å². The Bertz CT molecular complexity index is 326. The zero-order valence-electron chi connectivity index (χ0n) is 6.65. The number of aliphatic imine (C=N–C) groups is 2. The highest BCUT2D eigenvalue weighted by Gasteiger charge is 2.21. The number of hydrogen-bond acceptors (Lipinski definition) is 3. The molecule has 4 heteroatoms. The second-order valence-electron chi connectivity index (χ2n) is 2.57. The molecule has 0 bridgehead atoms. The quantitative estimate of drug-likeness (QED) is 0.513. The third-order valence-electron chi connectivity index (χ3n) is 1.67. The SMILES string of the molecule is C[S+]([O-])C1=NC2=CCC=CC2=N1. The van der Waals surface area contributed by atoms with Crippen LogP contribution in [0.2, 0.25) is 0 Å². The van der Waals surface area contributed by atoms with Gasteiger partial charge in [0.2, 0.25) is 0 Å². The monoisotopic (exact) mass is 180 g/mol. The first-order chi connectivity index (χ1) is 5.77. The van der Waals surface area contributed by atoms with E-state index in [2.05, 4.69) is 9.98 Å². The van der Waals surface area contributed by atoms with Crippen LogP contribution in [0, 0.1) is 0 Å². The smallest absolute Gasteiger partial charge is 0.343 e. The van der Waals surface area contributed by atoms with Gasteiger partial charge >= 0.3 is 5.17 Å². The van der Waals surface area contributed by atoms with Crippen LogP contribution in [0.1, 0.15) is 6.42 Å². The molecule has 1 aliphatic heterocycles. The summed E-state index contributed by atoms with van der Waals surface area (Å²) in [6, 6.07) is 0. The molecule has 0 saturated carbocycles. The number of hydrogen-bond donors (Lipinski definition) is 0. The van der Waals surface area contributed by atoms with Gasteiger partial charge in [0.15, 0.2) is 0 Å². The van der Waals surface area contributed by atoms with Gasteiger partial charge < -0.3 is 4.55 Å². The van der Waals surface area contributed by atoms with E-state index in [9.17, 15) is 4.55 Å². The predicted octanol–water partition coefficient (Wildman–Crippen LogP) is 1.02. The van der Waals surface area contributed by atoms with Gasteiger partial charge in [-0.15, -0.1) is 0 Å². The lowest BCUT2D eigenvalue weighted by Crippen LogP contribution is -2.07. The van der Waals surface area contributed by atoms with E-state index in [1.165, 1.54) is 0 Å². The summed E-state index contributed by atoms with van der Waals surface area (Å²) < 4.78 is 11.0. The van der Waals surface area contributed by atoms with E-state index < -0.39 is 11.2 Å². The van der Waals surface area contributed by atoms with Gasteiger partial charge in [-0.3, -0.25) is 0 Å². The predicted molar refractivity (Wildman–Crippen MR) is 50.8 cm³/mol. The Morgan fingerprint density at radius 3 is 3.00 bits per heavy atom. The van der Waals surface area contributed by atoms with Crippen LogP contribution in [0.25, 0.3) is 0 Å². The van der Waals surface area contributed by atoms with Gasteiger partial charge in [-0.1, -0.05) is 12.2 Å². The van der Waals surface area contributed by atoms with Crippen LogP contribution in [-0.4, -0.2) is 21.7 Å². The second-order valence-corrected chi connectivity index (χ2v) is 3.85. The maximum atomic E-state index is 11.0. The molecule has 0 aromatic carbocycles. The first-order valence-electron chi connectivity index (χ1n) is 3.65. The third kappa shape index (κ3) is 1.23. The Morgan fingerprint density at radius 1 is 1.50 bits per heavy atom. The topological polar surface area (TPSA) is 47.8 Å². The molecule has 12 heavy (non-hydrogen) atoms. The molecule has 3 nitrogen and oxygen atoms in total. The summed E-state index contributed by atoms with van der Waals surface area (Å²) in [6.45, 7) is 0. The van der Waals surface area contributed by atoms with E-state index in [-0.39, 0.29) is 0 Å². The molecule has 62 valence electrons. The Labute approximate surface area is 73.8 Å². The van der Waals surface area contributed by atoms with Crippen LogP contribution in [0.3, 0.4) is 0 Å². The number of amidine groups is 1. The van der Waals surface area contributed by atoms with Gasteiger partial charge in [0.1, 0.15) is 6.26 Å². The summed E-state index contributed by atoms with van der Waals surface area (Å²) in [5, 5.41) is 0.433. The number of allylic oxidation sites excluding steroid dienone is 3. The molecule has 1 aliphatic carbocycles. The second kappa shape index (κ2) is 2.88. The van der Waals surface area contributed by atoms with Crippen LogP contribution >= 0.6 is 0 Å². The van der Waals surface area contributed by atoms with E-state index in [4.69, 9.17) is 0 Å². The van der Waals surface area contributed by atoms with Crippen LogP contribution in [-0.2, 0) is 11.2 Å². The van der Waals surface area contributed by atoms with Crippen molar-refractivity contribution in [1.29, 1.82) is 0 Å². The van der Waals surface area contributed by atoms with Crippen molar-refractivity contribution in [3.05, 3.63) is 23.9 Å². The number of fused-ring (bicyclic) bond motifs is 1. The van der Waals surface area contributed by atoms with Crippen molar-refractivity contribution in [3.8, 4) is 0 Å². The molecule has 0 aromatic heterocycles. The van der Waals surface area contributed by atoms with Crippen LogP contribution in [0.5, 0.6) is 0 Å². The molecule has 0 amide bonds. The Kier molecular flexibility index (Phi) is 1.86. The Balaban J connectivity index is 2.34.